The van der Waals surface area contributed by atoms with Crippen molar-refractivity contribution in [1.29, 1.82) is 0 Å². The number of nitrogens with one attached hydrogen (secondary N) is 1. The van der Waals surface area contributed by atoms with E-state index in [9.17, 15) is 0 Å². The van der Waals surface area contributed by atoms with Crippen LogP contribution in [-0.2, 0) is 0 Å². The van der Waals surface area contributed by atoms with Crippen molar-refractivity contribution in [3.8, 4) is 0 Å². The molecule has 0 atom stereocenters. The highest BCUT2D eigenvalue weighted by atomic mass is 16.3. The molecule has 48 valence electrons. The molecule has 0 amide bonds. The largest absolute Gasteiger partial charge is 0.395 e. The Morgan fingerprint density at radius 2 is 2.38 bits per heavy atom. The van der Waals surface area contributed by atoms with Crippen molar-refractivity contribution < 1.29 is 5.11 Å². The summed E-state index contributed by atoms with van der Waals surface area (Å²) >= 11 is 0. The zero-order valence-electron chi connectivity index (χ0n) is 5.28. The molecule has 0 spiro atoms. The van der Waals surface area contributed by atoms with Gasteiger partial charge in [0.25, 0.3) is 0 Å². The van der Waals surface area contributed by atoms with E-state index in [1.165, 1.54) is 0 Å². The van der Waals surface area contributed by atoms with Gasteiger partial charge >= 0.3 is 0 Å². The maximum atomic E-state index is 8.29. The Morgan fingerprint density at radius 3 is 2.75 bits per heavy atom. The van der Waals surface area contributed by atoms with Crippen molar-refractivity contribution in [2.24, 2.45) is 0 Å². The molecule has 0 aromatic heterocycles. The van der Waals surface area contributed by atoms with Crippen molar-refractivity contribution in [3.63, 3.8) is 0 Å². The molecule has 2 nitrogen and oxygen atoms in total. The monoisotopic (exact) mass is 115 g/mol. The maximum absolute atomic E-state index is 8.29. The number of rotatable bonds is 4. The molecular formula is C6H13NO. The van der Waals surface area contributed by atoms with Crippen molar-refractivity contribution in [2.75, 3.05) is 19.7 Å². The smallest absolute Gasteiger partial charge is 0.0556 e. The van der Waals surface area contributed by atoms with Gasteiger partial charge < -0.3 is 10.4 Å². The Balaban J connectivity index is 2.82. The zero-order chi connectivity index (χ0) is 6.41. The molecule has 0 saturated carbocycles. The van der Waals surface area contributed by atoms with Crippen LogP contribution in [0.3, 0.4) is 0 Å². The third-order valence-electron chi connectivity index (χ3n) is 0.715. The summed E-state index contributed by atoms with van der Waals surface area (Å²) in [5, 5.41) is 11.3. The normalized spacial score (nSPS) is 9.25. The van der Waals surface area contributed by atoms with Crippen LogP contribution in [0, 0.1) is 0 Å². The fourth-order valence-corrected chi connectivity index (χ4v) is 0.381. The highest BCUT2D eigenvalue weighted by Crippen LogP contribution is 1.79. The molecule has 0 aliphatic rings. The Bertz CT molecular complexity index is 70.9. The van der Waals surface area contributed by atoms with E-state index in [-0.39, 0.29) is 6.61 Å². The summed E-state index contributed by atoms with van der Waals surface area (Å²) in [7, 11) is 0. The molecule has 0 fully saturated rings. The summed E-state index contributed by atoms with van der Waals surface area (Å²) in [5.41, 5.74) is 1.10. The summed E-state index contributed by atoms with van der Waals surface area (Å²) in [4.78, 5) is 0. The van der Waals surface area contributed by atoms with Gasteiger partial charge in [-0.3, -0.25) is 0 Å². The Hall–Kier alpha value is -0.340. The van der Waals surface area contributed by atoms with Crippen LogP contribution in [0.15, 0.2) is 12.2 Å². The first-order chi connectivity index (χ1) is 3.77. The van der Waals surface area contributed by atoms with Crippen molar-refractivity contribution in [2.45, 2.75) is 6.92 Å². The number of hydrogen-bond donors (Lipinski definition) is 2. The molecule has 0 aliphatic carbocycles. The Morgan fingerprint density at radius 1 is 1.75 bits per heavy atom. The Labute approximate surface area is 50.2 Å². The summed E-state index contributed by atoms with van der Waals surface area (Å²) in [5.74, 6) is 0. The van der Waals surface area contributed by atoms with Gasteiger partial charge in [-0.1, -0.05) is 12.2 Å². The van der Waals surface area contributed by atoms with E-state index in [2.05, 4.69) is 11.9 Å². The van der Waals surface area contributed by atoms with E-state index in [4.69, 9.17) is 5.11 Å². The minimum absolute atomic E-state index is 0.202. The highest BCUT2D eigenvalue weighted by molar-refractivity contribution is 4.90. The lowest BCUT2D eigenvalue weighted by Crippen LogP contribution is -2.19. The fraction of sp³-hybridized carbons (Fsp3) is 0.667. The first-order valence-corrected chi connectivity index (χ1v) is 2.73. The molecule has 0 radical (unpaired) electrons. The molecule has 8 heavy (non-hydrogen) atoms. The van der Waals surface area contributed by atoms with Gasteiger partial charge in [0.2, 0.25) is 0 Å². The van der Waals surface area contributed by atoms with Crippen LogP contribution in [0.4, 0.5) is 0 Å². The third-order valence-corrected chi connectivity index (χ3v) is 0.715. The lowest BCUT2D eigenvalue weighted by Gasteiger charge is -1.98. The second-order valence-electron chi connectivity index (χ2n) is 1.86. The lowest BCUT2D eigenvalue weighted by atomic mass is 10.3. The standard InChI is InChI=1S/C6H13NO/c1-6(2)5-7-3-4-8/h7-8H,1,3-5H2,2H3. The molecule has 0 aromatic carbocycles. The van der Waals surface area contributed by atoms with Crippen molar-refractivity contribution >= 4 is 0 Å². The van der Waals surface area contributed by atoms with Crippen LogP contribution in [0.2, 0.25) is 0 Å². The molecule has 0 saturated heterocycles. The fourth-order valence-electron chi connectivity index (χ4n) is 0.381. The highest BCUT2D eigenvalue weighted by Gasteiger charge is 1.82. The second-order valence-corrected chi connectivity index (χ2v) is 1.86. The van der Waals surface area contributed by atoms with Crippen LogP contribution < -0.4 is 5.32 Å². The molecule has 0 aromatic rings. The SMILES string of the molecule is C=C(C)CNCCO. The Kier molecular flexibility index (Phi) is 4.61. The maximum Gasteiger partial charge on any atom is 0.0556 e. The van der Waals surface area contributed by atoms with Gasteiger partial charge in [0, 0.05) is 13.1 Å². The number of aliphatic hydroxyl groups excluding tert-OH is 1. The summed E-state index contributed by atoms with van der Waals surface area (Å²) < 4.78 is 0. The minimum Gasteiger partial charge on any atom is -0.395 e. The van der Waals surface area contributed by atoms with E-state index in [0.29, 0.717) is 6.54 Å². The molecule has 2 N–H and O–H groups in total. The average molecular weight is 115 g/mol. The average Bonchev–Trinajstić information content (AvgIpc) is 1.66. The van der Waals surface area contributed by atoms with Gasteiger partial charge in [-0.05, 0) is 6.92 Å². The molecule has 0 rings (SSSR count). The van der Waals surface area contributed by atoms with Crippen LogP contribution >= 0.6 is 0 Å². The molecule has 0 unspecified atom stereocenters. The second kappa shape index (κ2) is 4.81. The lowest BCUT2D eigenvalue weighted by molar-refractivity contribution is 0.294. The molecule has 2 heteroatoms. The summed E-state index contributed by atoms with van der Waals surface area (Å²) in [6.07, 6.45) is 0. The van der Waals surface area contributed by atoms with Crippen molar-refractivity contribution in [1.82, 2.24) is 5.32 Å². The summed E-state index contributed by atoms with van der Waals surface area (Å²) in [6, 6.07) is 0. The molecular weight excluding hydrogens is 102 g/mol. The van der Waals surface area contributed by atoms with Crippen LogP contribution in [0.5, 0.6) is 0 Å². The van der Waals surface area contributed by atoms with Crippen LogP contribution in [0.25, 0.3) is 0 Å². The van der Waals surface area contributed by atoms with Gasteiger partial charge in [-0.25, -0.2) is 0 Å². The van der Waals surface area contributed by atoms with Crippen LogP contribution in [0.1, 0.15) is 6.92 Å². The molecule has 0 aliphatic heterocycles. The number of aliphatic hydroxyl groups is 1. The minimum atomic E-state index is 0.202. The quantitative estimate of drug-likeness (QED) is 0.403. The predicted octanol–water partition coefficient (Wildman–Crippen LogP) is 0.144. The van der Waals surface area contributed by atoms with Crippen molar-refractivity contribution in [3.05, 3.63) is 12.2 Å². The first kappa shape index (κ1) is 7.66. The van der Waals surface area contributed by atoms with E-state index < -0.39 is 0 Å². The van der Waals surface area contributed by atoms with Gasteiger partial charge in [0.1, 0.15) is 0 Å². The van der Waals surface area contributed by atoms with Gasteiger partial charge in [0.15, 0.2) is 0 Å². The van der Waals surface area contributed by atoms with Gasteiger partial charge in [-0.2, -0.15) is 0 Å². The van der Waals surface area contributed by atoms with E-state index in [1.807, 2.05) is 6.92 Å². The summed E-state index contributed by atoms with van der Waals surface area (Å²) in [6.45, 7) is 7.30. The number of hydrogen-bond acceptors (Lipinski definition) is 2. The van der Waals surface area contributed by atoms with E-state index in [0.717, 1.165) is 12.1 Å². The molecule has 0 heterocycles. The topological polar surface area (TPSA) is 32.3 Å². The zero-order valence-corrected chi connectivity index (χ0v) is 5.28. The van der Waals surface area contributed by atoms with E-state index >= 15 is 0 Å². The van der Waals surface area contributed by atoms with E-state index in [1.54, 1.807) is 0 Å². The predicted molar refractivity (Wildman–Crippen MR) is 34.8 cm³/mol. The third kappa shape index (κ3) is 5.66. The van der Waals surface area contributed by atoms with Gasteiger partial charge in [-0.15, -0.1) is 0 Å². The molecule has 0 bridgehead atoms. The first-order valence-electron chi connectivity index (χ1n) is 2.73. The van der Waals surface area contributed by atoms with Gasteiger partial charge in [0.05, 0.1) is 6.61 Å². The van der Waals surface area contributed by atoms with Crippen LogP contribution in [-0.4, -0.2) is 24.8 Å².